The van der Waals surface area contributed by atoms with Crippen LogP contribution >= 0.6 is 0 Å². The van der Waals surface area contributed by atoms with Crippen molar-refractivity contribution >= 4 is 5.78 Å². The van der Waals surface area contributed by atoms with Gasteiger partial charge in [0, 0.05) is 24.4 Å². The molecule has 1 spiro atoms. The van der Waals surface area contributed by atoms with Crippen molar-refractivity contribution in [3.63, 3.8) is 0 Å². The average molecular weight is 151 g/mol. The monoisotopic (exact) mass is 151 g/mol. The summed E-state index contributed by atoms with van der Waals surface area (Å²) in [6.07, 6.45) is 4.52. The van der Waals surface area contributed by atoms with E-state index in [1.165, 1.54) is 19.3 Å². The van der Waals surface area contributed by atoms with Gasteiger partial charge in [-0.15, -0.1) is 0 Å². The summed E-state index contributed by atoms with van der Waals surface area (Å²) in [6, 6.07) is 0.564. The summed E-state index contributed by atoms with van der Waals surface area (Å²) < 4.78 is 0. The van der Waals surface area contributed by atoms with E-state index in [0.717, 1.165) is 18.9 Å². The minimum atomic E-state index is 0.165. The van der Waals surface area contributed by atoms with Crippen LogP contribution in [0, 0.1) is 11.3 Å². The zero-order valence-electron chi connectivity index (χ0n) is 6.60. The van der Waals surface area contributed by atoms with E-state index in [1.807, 2.05) is 0 Å². The van der Waals surface area contributed by atoms with Crippen molar-refractivity contribution in [1.29, 1.82) is 0 Å². The minimum absolute atomic E-state index is 0.165. The lowest BCUT2D eigenvalue weighted by Gasteiger charge is -2.28. The van der Waals surface area contributed by atoms with Gasteiger partial charge in [0.15, 0.2) is 0 Å². The standard InChI is InChI=1S/C9H13NO/c11-8-3-4-10-7-2-1-6-5-9(6,7)8/h6-7,10H,1-5H2/t6-,7+,9-/m1/s1. The van der Waals surface area contributed by atoms with Crippen LogP contribution < -0.4 is 5.32 Å². The largest absolute Gasteiger partial charge is 0.313 e. The van der Waals surface area contributed by atoms with E-state index in [2.05, 4.69) is 5.32 Å². The smallest absolute Gasteiger partial charge is 0.142 e. The van der Waals surface area contributed by atoms with Gasteiger partial charge in [0.25, 0.3) is 0 Å². The van der Waals surface area contributed by atoms with Crippen molar-refractivity contribution in [1.82, 2.24) is 5.32 Å². The second-order valence-corrected chi connectivity index (χ2v) is 4.20. The van der Waals surface area contributed by atoms with Crippen molar-refractivity contribution in [2.24, 2.45) is 11.3 Å². The molecule has 2 heteroatoms. The fourth-order valence-electron chi connectivity index (χ4n) is 3.17. The Hall–Kier alpha value is -0.370. The van der Waals surface area contributed by atoms with Gasteiger partial charge in [-0.1, -0.05) is 0 Å². The first kappa shape index (κ1) is 6.18. The molecule has 0 aromatic heterocycles. The third kappa shape index (κ3) is 0.560. The van der Waals surface area contributed by atoms with E-state index in [0.29, 0.717) is 11.8 Å². The Kier molecular flexibility index (Phi) is 0.947. The molecule has 0 unspecified atom stereocenters. The molecular formula is C9H13NO. The molecule has 1 saturated heterocycles. The van der Waals surface area contributed by atoms with Crippen molar-refractivity contribution in [2.45, 2.75) is 31.7 Å². The van der Waals surface area contributed by atoms with Gasteiger partial charge in [-0.2, -0.15) is 0 Å². The fourth-order valence-corrected chi connectivity index (χ4v) is 3.17. The van der Waals surface area contributed by atoms with Gasteiger partial charge in [0.1, 0.15) is 5.78 Å². The van der Waals surface area contributed by atoms with Gasteiger partial charge in [-0.3, -0.25) is 4.79 Å². The van der Waals surface area contributed by atoms with Crippen molar-refractivity contribution in [3.8, 4) is 0 Å². The summed E-state index contributed by atoms with van der Waals surface area (Å²) in [5, 5.41) is 3.47. The Bertz CT molecular complexity index is 226. The Morgan fingerprint density at radius 3 is 3.09 bits per heavy atom. The van der Waals surface area contributed by atoms with Crippen LogP contribution in [0.2, 0.25) is 0 Å². The van der Waals surface area contributed by atoms with Crippen LogP contribution in [0.15, 0.2) is 0 Å². The van der Waals surface area contributed by atoms with Crippen LogP contribution in [0.3, 0.4) is 0 Å². The summed E-state index contributed by atoms with van der Waals surface area (Å²) in [7, 11) is 0. The number of hydrogen-bond donors (Lipinski definition) is 1. The van der Waals surface area contributed by atoms with Crippen LogP contribution in [0.4, 0.5) is 0 Å². The molecule has 3 fully saturated rings. The lowest BCUT2D eigenvalue weighted by atomic mass is 9.87. The number of hydrogen-bond acceptors (Lipinski definition) is 2. The first-order chi connectivity index (χ1) is 5.34. The highest BCUT2D eigenvalue weighted by Crippen LogP contribution is 2.65. The molecule has 1 heterocycles. The molecule has 0 bridgehead atoms. The van der Waals surface area contributed by atoms with Gasteiger partial charge < -0.3 is 5.32 Å². The zero-order chi connectivity index (χ0) is 7.47. The Morgan fingerprint density at radius 1 is 1.45 bits per heavy atom. The van der Waals surface area contributed by atoms with Gasteiger partial charge in [0.05, 0.1) is 0 Å². The summed E-state index contributed by atoms with van der Waals surface area (Å²) in [5.41, 5.74) is 0.165. The maximum absolute atomic E-state index is 11.6. The molecule has 1 N–H and O–H groups in total. The highest BCUT2D eigenvalue weighted by molar-refractivity contribution is 5.90. The molecular weight excluding hydrogens is 138 g/mol. The summed E-state index contributed by atoms with van der Waals surface area (Å²) >= 11 is 0. The van der Waals surface area contributed by atoms with Gasteiger partial charge in [0.2, 0.25) is 0 Å². The molecule has 60 valence electrons. The molecule has 0 aromatic rings. The van der Waals surface area contributed by atoms with Crippen LogP contribution in [-0.4, -0.2) is 18.4 Å². The molecule has 3 atom stereocenters. The molecule has 2 nitrogen and oxygen atoms in total. The van der Waals surface area contributed by atoms with E-state index in [-0.39, 0.29) is 5.41 Å². The van der Waals surface area contributed by atoms with Crippen LogP contribution in [0.5, 0.6) is 0 Å². The minimum Gasteiger partial charge on any atom is -0.313 e. The highest BCUT2D eigenvalue weighted by atomic mass is 16.1. The SMILES string of the molecule is O=C1CCN[C@H]2CC[C@@H]3C[C@@]132. The lowest BCUT2D eigenvalue weighted by Crippen LogP contribution is -2.46. The van der Waals surface area contributed by atoms with E-state index < -0.39 is 0 Å². The van der Waals surface area contributed by atoms with Gasteiger partial charge >= 0.3 is 0 Å². The number of carbonyl (C=O) groups is 1. The molecule has 2 saturated carbocycles. The second kappa shape index (κ2) is 1.69. The molecule has 0 aromatic carbocycles. The number of nitrogens with one attached hydrogen (secondary N) is 1. The lowest BCUT2D eigenvalue weighted by molar-refractivity contribution is -0.126. The molecule has 11 heavy (non-hydrogen) atoms. The van der Waals surface area contributed by atoms with E-state index in [4.69, 9.17) is 0 Å². The van der Waals surface area contributed by atoms with Crippen LogP contribution in [-0.2, 0) is 4.79 Å². The van der Waals surface area contributed by atoms with Gasteiger partial charge in [-0.05, 0) is 25.2 Å². The van der Waals surface area contributed by atoms with Crippen molar-refractivity contribution in [3.05, 3.63) is 0 Å². The Labute approximate surface area is 66.4 Å². The Morgan fingerprint density at radius 2 is 2.36 bits per heavy atom. The van der Waals surface area contributed by atoms with Crippen molar-refractivity contribution in [2.75, 3.05) is 6.54 Å². The summed E-state index contributed by atoms with van der Waals surface area (Å²) in [5.74, 6) is 1.33. The molecule has 3 rings (SSSR count). The quantitative estimate of drug-likeness (QED) is 0.552. The first-order valence-electron chi connectivity index (χ1n) is 4.61. The number of piperidine rings is 1. The number of rotatable bonds is 0. The fraction of sp³-hybridized carbons (Fsp3) is 0.889. The van der Waals surface area contributed by atoms with Gasteiger partial charge in [-0.25, -0.2) is 0 Å². The Balaban J connectivity index is 1.98. The molecule has 0 amide bonds. The normalized spacial score (nSPS) is 53.6. The maximum Gasteiger partial charge on any atom is 0.142 e. The van der Waals surface area contributed by atoms with E-state index in [1.54, 1.807) is 0 Å². The van der Waals surface area contributed by atoms with Crippen LogP contribution in [0.1, 0.15) is 25.7 Å². The predicted molar refractivity (Wildman–Crippen MR) is 41.2 cm³/mol. The second-order valence-electron chi connectivity index (χ2n) is 4.20. The summed E-state index contributed by atoms with van der Waals surface area (Å²) in [4.78, 5) is 11.6. The summed E-state index contributed by atoms with van der Waals surface area (Å²) in [6.45, 7) is 0.929. The third-order valence-electron chi connectivity index (χ3n) is 3.84. The highest BCUT2D eigenvalue weighted by Gasteiger charge is 2.67. The van der Waals surface area contributed by atoms with E-state index in [9.17, 15) is 4.79 Å². The number of carbonyl (C=O) groups excluding carboxylic acids is 1. The third-order valence-corrected chi connectivity index (χ3v) is 3.84. The molecule has 3 aliphatic rings. The topological polar surface area (TPSA) is 29.1 Å². The predicted octanol–water partition coefficient (Wildman–Crippen LogP) is 0.718. The van der Waals surface area contributed by atoms with E-state index >= 15 is 0 Å². The van der Waals surface area contributed by atoms with Crippen molar-refractivity contribution < 1.29 is 4.79 Å². The number of Topliss-reactive ketones (excluding diaryl/α,β-unsaturated/α-hetero) is 1. The molecule has 1 aliphatic heterocycles. The maximum atomic E-state index is 11.6. The zero-order valence-corrected chi connectivity index (χ0v) is 6.60. The molecule has 0 radical (unpaired) electrons. The average Bonchev–Trinajstić information content (AvgIpc) is 2.62. The number of ketones is 1. The van der Waals surface area contributed by atoms with Crippen LogP contribution in [0.25, 0.3) is 0 Å². The first-order valence-corrected chi connectivity index (χ1v) is 4.61. The molecule has 2 aliphatic carbocycles.